The number of hydrogen-bond donors (Lipinski definition) is 3. The molecule has 5 N–H and O–H groups in total. The molecule has 1 aromatic heterocycles. The van der Waals surface area contributed by atoms with E-state index in [1.54, 1.807) is 6.07 Å². The van der Waals surface area contributed by atoms with E-state index in [4.69, 9.17) is 32.5 Å². The normalized spacial score (nSPS) is 10.6. The molecule has 0 saturated heterocycles. The molecule has 0 atom stereocenters. The SMILES string of the molecule is NC(=O)OCc1[nH]c(=O)c(Cl)c(OCc2ccc(F)cc2F)c1-c1cccc(C(N)=O)c1. The van der Waals surface area contributed by atoms with Gasteiger partial charge >= 0.3 is 6.09 Å². The maximum Gasteiger partial charge on any atom is 0.404 e. The highest BCUT2D eigenvalue weighted by Gasteiger charge is 2.22. The van der Waals surface area contributed by atoms with Crippen LogP contribution < -0.4 is 21.8 Å². The van der Waals surface area contributed by atoms with Gasteiger partial charge in [-0.2, -0.15) is 0 Å². The minimum Gasteiger partial charge on any atom is -0.486 e. The second-order valence-corrected chi connectivity index (χ2v) is 6.91. The van der Waals surface area contributed by atoms with E-state index in [2.05, 4.69) is 4.98 Å². The Morgan fingerprint density at radius 2 is 1.81 bits per heavy atom. The fraction of sp³-hybridized carbons (Fsp3) is 0.0952. The first kappa shape index (κ1) is 22.8. The minimum absolute atomic E-state index is 0.00507. The number of carbonyl (C=O) groups excluding carboxylic acids is 2. The van der Waals surface area contributed by atoms with Gasteiger partial charge in [0, 0.05) is 22.8 Å². The molecule has 3 aromatic rings. The van der Waals surface area contributed by atoms with Crippen LogP contribution >= 0.6 is 11.6 Å². The summed E-state index contributed by atoms with van der Waals surface area (Å²) in [7, 11) is 0. The second kappa shape index (κ2) is 9.48. The first-order chi connectivity index (χ1) is 15.2. The Labute approximate surface area is 184 Å². The van der Waals surface area contributed by atoms with E-state index >= 15 is 0 Å². The molecule has 166 valence electrons. The first-order valence-electron chi connectivity index (χ1n) is 9.01. The maximum atomic E-state index is 14.0. The van der Waals surface area contributed by atoms with Crippen LogP contribution in [0.3, 0.4) is 0 Å². The number of hydrogen-bond acceptors (Lipinski definition) is 5. The standard InChI is InChI=1S/C21H16ClF2N3O5/c22-17-18(31-8-12-4-5-13(23)7-14(12)24)16(10-2-1-3-11(6-10)19(25)28)15(27-20(17)29)9-32-21(26)30/h1-7H,8-9H2,(H2,25,28)(H2,26,30)(H,27,29). The highest BCUT2D eigenvalue weighted by atomic mass is 35.5. The van der Waals surface area contributed by atoms with Crippen molar-refractivity contribution < 1.29 is 27.8 Å². The lowest BCUT2D eigenvalue weighted by Gasteiger charge is -2.17. The highest BCUT2D eigenvalue weighted by Crippen LogP contribution is 2.37. The van der Waals surface area contributed by atoms with Crippen LogP contribution in [0.15, 0.2) is 47.3 Å². The molecule has 0 radical (unpaired) electrons. The van der Waals surface area contributed by atoms with Crippen LogP contribution in [-0.4, -0.2) is 17.0 Å². The lowest BCUT2D eigenvalue weighted by molar-refractivity contribution is 0.1000. The molecule has 3 rings (SSSR count). The van der Waals surface area contributed by atoms with Crippen LogP contribution in [0.2, 0.25) is 5.02 Å². The zero-order chi connectivity index (χ0) is 23.4. The van der Waals surface area contributed by atoms with Crippen molar-refractivity contribution in [3.63, 3.8) is 0 Å². The lowest BCUT2D eigenvalue weighted by atomic mass is 10.00. The zero-order valence-electron chi connectivity index (χ0n) is 16.3. The molecule has 0 unspecified atom stereocenters. The third-order valence-corrected chi connectivity index (χ3v) is 4.72. The number of ether oxygens (including phenoxy) is 2. The Balaban J connectivity index is 2.15. The minimum atomic E-state index is -1.10. The molecule has 0 fully saturated rings. The monoisotopic (exact) mass is 463 g/mol. The molecule has 0 aliphatic heterocycles. The molecule has 0 saturated carbocycles. The van der Waals surface area contributed by atoms with Crippen LogP contribution in [-0.2, 0) is 18.0 Å². The molecule has 32 heavy (non-hydrogen) atoms. The van der Waals surface area contributed by atoms with Gasteiger partial charge in [-0.05, 0) is 29.8 Å². The summed E-state index contributed by atoms with van der Waals surface area (Å²) in [5.41, 5.74) is 10.3. The molecule has 0 bridgehead atoms. The van der Waals surface area contributed by atoms with Crippen LogP contribution in [0.25, 0.3) is 11.1 Å². The Hall–Kier alpha value is -3.92. The number of carbonyl (C=O) groups is 2. The van der Waals surface area contributed by atoms with E-state index in [1.807, 2.05) is 0 Å². The average molecular weight is 464 g/mol. The van der Waals surface area contributed by atoms with Crippen LogP contribution in [0.4, 0.5) is 13.6 Å². The number of benzene rings is 2. The molecule has 8 nitrogen and oxygen atoms in total. The van der Waals surface area contributed by atoms with Crippen molar-refractivity contribution in [1.82, 2.24) is 4.98 Å². The fourth-order valence-electron chi connectivity index (χ4n) is 2.91. The smallest absolute Gasteiger partial charge is 0.404 e. The molecule has 1 heterocycles. The van der Waals surface area contributed by atoms with E-state index < -0.39 is 42.4 Å². The van der Waals surface area contributed by atoms with Gasteiger partial charge in [0.2, 0.25) is 5.91 Å². The van der Waals surface area contributed by atoms with Crippen LogP contribution in [0, 0.1) is 11.6 Å². The molecule has 2 amide bonds. The van der Waals surface area contributed by atoms with Gasteiger partial charge in [0.05, 0.1) is 5.69 Å². The van der Waals surface area contributed by atoms with Gasteiger partial charge in [-0.3, -0.25) is 9.59 Å². The zero-order valence-corrected chi connectivity index (χ0v) is 17.0. The van der Waals surface area contributed by atoms with Crippen LogP contribution in [0.1, 0.15) is 21.6 Å². The second-order valence-electron chi connectivity index (χ2n) is 6.53. The summed E-state index contributed by atoms with van der Waals surface area (Å²) < 4.78 is 37.7. The maximum absolute atomic E-state index is 14.0. The molecule has 11 heteroatoms. The van der Waals surface area contributed by atoms with Crippen molar-refractivity contribution in [2.24, 2.45) is 11.5 Å². The van der Waals surface area contributed by atoms with Gasteiger partial charge in [0.25, 0.3) is 5.56 Å². The Morgan fingerprint density at radius 1 is 1.06 bits per heavy atom. The molecule has 0 spiro atoms. The van der Waals surface area contributed by atoms with Crippen molar-refractivity contribution >= 4 is 23.6 Å². The van der Waals surface area contributed by atoms with Crippen molar-refractivity contribution in [3.8, 4) is 16.9 Å². The number of amides is 2. The molecule has 0 aliphatic rings. The summed E-state index contributed by atoms with van der Waals surface area (Å²) in [6.45, 7) is -0.868. The number of halogens is 3. The van der Waals surface area contributed by atoms with E-state index in [0.29, 0.717) is 11.6 Å². The summed E-state index contributed by atoms with van der Waals surface area (Å²) in [4.78, 5) is 37.5. The predicted molar refractivity (Wildman–Crippen MR) is 111 cm³/mol. The topological polar surface area (TPSA) is 138 Å². The number of pyridine rings is 1. The van der Waals surface area contributed by atoms with Crippen molar-refractivity contribution in [2.45, 2.75) is 13.2 Å². The third-order valence-electron chi connectivity index (χ3n) is 4.37. The molecular weight excluding hydrogens is 448 g/mol. The predicted octanol–water partition coefficient (Wildman–Crippen LogP) is 3.25. The molecule has 0 aliphatic carbocycles. The van der Waals surface area contributed by atoms with Gasteiger partial charge in [0.1, 0.15) is 29.9 Å². The third kappa shape index (κ3) is 5.03. The quantitative estimate of drug-likeness (QED) is 0.494. The van der Waals surface area contributed by atoms with Crippen molar-refractivity contribution in [3.05, 3.63) is 86.3 Å². The number of aromatic amines is 1. The summed E-state index contributed by atoms with van der Waals surface area (Å²) >= 11 is 6.17. The van der Waals surface area contributed by atoms with Gasteiger partial charge in [-0.15, -0.1) is 0 Å². The Morgan fingerprint density at radius 3 is 2.47 bits per heavy atom. The van der Waals surface area contributed by atoms with Gasteiger partial charge in [-0.25, -0.2) is 13.6 Å². The summed E-state index contributed by atoms with van der Waals surface area (Å²) in [6.07, 6.45) is -1.10. The number of primary amides is 2. The molecule has 2 aromatic carbocycles. The highest BCUT2D eigenvalue weighted by molar-refractivity contribution is 6.32. The fourth-order valence-corrected chi connectivity index (χ4v) is 3.11. The average Bonchev–Trinajstić information content (AvgIpc) is 2.74. The number of H-pyrrole nitrogens is 1. The van der Waals surface area contributed by atoms with Crippen molar-refractivity contribution in [2.75, 3.05) is 0 Å². The number of rotatable bonds is 7. The lowest BCUT2D eigenvalue weighted by Crippen LogP contribution is -2.18. The van der Waals surface area contributed by atoms with Crippen LogP contribution in [0.5, 0.6) is 5.75 Å². The van der Waals surface area contributed by atoms with Gasteiger partial charge in [-0.1, -0.05) is 23.7 Å². The number of nitrogens with one attached hydrogen (secondary N) is 1. The largest absolute Gasteiger partial charge is 0.486 e. The summed E-state index contributed by atoms with van der Waals surface area (Å²) in [6, 6.07) is 8.87. The Kier molecular flexibility index (Phi) is 6.74. The van der Waals surface area contributed by atoms with E-state index in [9.17, 15) is 23.2 Å². The van der Waals surface area contributed by atoms with E-state index in [-0.39, 0.29) is 33.2 Å². The van der Waals surface area contributed by atoms with Gasteiger partial charge in [0.15, 0.2) is 5.75 Å². The number of aromatic nitrogens is 1. The summed E-state index contributed by atoms with van der Waals surface area (Å²) in [5.74, 6) is -2.52. The number of nitrogens with two attached hydrogens (primary N) is 2. The Bertz CT molecular complexity index is 1260. The van der Waals surface area contributed by atoms with Gasteiger partial charge < -0.3 is 25.9 Å². The van der Waals surface area contributed by atoms with Crippen molar-refractivity contribution in [1.29, 1.82) is 0 Å². The first-order valence-corrected chi connectivity index (χ1v) is 9.39. The van der Waals surface area contributed by atoms with E-state index in [1.165, 1.54) is 24.3 Å². The summed E-state index contributed by atoms with van der Waals surface area (Å²) in [5, 5.41) is -0.380. The molecular formula is C21H16ClF2N3O5. The van der Waals surface area contributed by atoms with E-state index in [0.717, 1.165) is 6.07 Å².